The molecule has 2 atom stereocenters. The van der Waals surface area contributed by atoms with Crippen molar-refractivity contribution in [2.45, 2.75) is 38.0 Å². The summed E-state index contributed by atoms with van der Waals surface area (Å²) in [6.45, 7) is 2.16. The number of nitrogens with one attached hydrogen (secondary N) is 1. The van der Waals surface area contributed by atoms with Crippen LogP contribution < -0.4 is 5.32 Å². The number of ether oxygens (including phenoxy) is 1. The molecule has 2 aliphatic rings. The summed E-state index contributed by atoms with van der Waals surface area (Å²) >= 11 is 7.83. The van der Waals surface area contributed by atoms with E-state index in [1.807, 2.05) is 60.8 Å². The molecule has 0 radical (unpaired) electrons. The van der Waals surface area contributed by atoms with Crippen LogP contribution in [0.25, 0.3) is 0 Å². The molecule has 6 heteroatoms. The monoisotopic (exact) mass is 503 g/mol. The first kappa shape index (κ1) is 23.6. The highest BCUT2D eigenvalue weighted by atomic mass is 35.5. The third kappa shape index (κ3) is 4.97. The Labute approximate surface area is 214 Å². The van der Waals surface area contributed by atoms with Crippen LogP contribution in [0.1, 0.15) is 47.6 Å². The van der Waals surface area contributed by atoms with Gasteiger partial charge in [-0.1, -0.05) is 60.1 Å². The third-order valence-electron chi connectivity index (χ3n) is 6.66. The summed E-state index contributed by atoms with van der Waals surface area (Å²) in [5.74, 6) is -0.666. The van der Waals surface area contributed by atoms with E-state index in [4.69, 9.17) is 16.3 Å². The summed E-state index contributed by atoms with van der Waals surface area (Å²) in [4.78, 5) is 28.2. The number of benzene rings is 2. The van der Waals surface area contributed by atoms with Crippen LogP contribution in [0.5, 0.6) is 0 Å². The van der Waals surface area contributed by atoms with Crippen molar-refractivity contribution in [1.82, 2.24) is 5.32 Å². The molecule has 0 saturated heterocycles. The van der Waals surface area contributed by atoms with Gasteiger partial charge in [-0.15, -0.1) is 11.3 Å². The Kier molecular flexibility index (Phi) is 6.89. The summed E-state index contributed by atoms with van der Waals surface area (Å²) in [6.07, 6.45) is 1.80. The zero-order valence-corrected chi connectivity index (χ0v) is 21.0. The van der Waals surface area contributed by atoms with E-state index in [2.05, 4.69) is 11.4 Å². The number of carbonyl (C=O) groups is 2. The molecule has 0 unspecified atom stereocenters. The van der Waals surface area contributed by atoms with E-state index in [0.29, 0.717) is 29.0 Å². The maximum atomic E-state index is 13.6. The van der Waals surface area contributed by atoms with E-state index in [1.165, 1.54) is 4.88 Å². The normalized spacial score (nSPS) is 19.9. The van der Waals surface area contributed by atoms with E-state index >= 15 is 0 Å². The van der Waals surface area contributed by atoms with Crippen LogP contribution in [0.15, 0.2) is 94.7 Å². The Morgan fingerprint density at radius 1 is 1.06 bits per heavy atom. The first-order valence-corrected chi connectivity index (χ1v) is 13.0. The molecule has 0 bridgehead atoms. The van der Waals surface area contributed by atoms with Crippen LogP contribution in [0.3, 0.4) is 0 Å². The standard InChI is InChI=1S/C29H26ClNO3S/c1-18-26(29(33)34-14-13-19-6-3-2-4-7-19)27(20-9-11-22(30)12-10-20)28-23(31-18)16-21(17-24(28)32)25-8-5-15-35-25/h2-12,15,21,27,31H,13-14,16-17H2,1H3/t21-,27+/m0/s1. The molecular formula is C29H26ClNO3S. The number of ketones is 1. The van der Waals surface area contributed by atoms with Crippen LogP contribution in [-0.2, 0) is 20.7 Å². The van der Waals surface area contributed by atoms with Crippen molar-refractivity contribution in [3.05, 3.63) is 116 Å². The molecule has 1 N–H and O–H groups in total. The van der Waals surface area contributed by atoms with Crippen LogP contribution in [0.4, 0.5) is 0 Å². The van der Waals surface area contributed by atoms with Gasteiger partial charge in [0.1, 0.15) is 0 Å². The maximum Gasteiger partial charge on any atom is 0.336 e. The minimum absolute atomic E-state index is 0.0687. The van der Waals surface area contributed by atoms with Gasteiger partial charge in [0, 0.05) is 51.5 Å². The van der Waals surface area contributed by atoms with Gasteiger partial charge >= 0.3 is 5.97 Å². The van der Waals surface area contributed by atoms with E-state index < -0.39 is 11.9 Å². The van der Waals surface area contributed by atoms with Crippen LogP contribution >= 0.6 is 22.9 Å². The SMILES string of the molecule is CC1=C(C(=O)OCCc2ccccc2)[C@@H](c2ccc(Cl)cc2)C2=C(C[C@H](c3cccs3)CC2=O)N1. The second kappa shape index (κ2) is 10.2. The molecule has 1 aliphatic carbocycles. The zero-order chi connectivity index (χ0) is 24.4. The van der Waals surface area contributed by atoms with E-state index in [1.54, 1.807) is 23.5 Å². The van der Waals surface area contributed by atoms with Crippen molar-refractivity contribution in [3.8, 4) is 0 Å². The second-order valence-electron chi connectivity index (χ2n) is 8.96. The van der Waals surface area contributed by atoms with Crippen LogP contribution in [0, 0.1) is 0 Å². The Bertz CT molecular complexity index is 1290. The number of thiophene rings is 1. The molecule has 0 saturated carbocycles. The van der Waals surface area contributed by atoms with Gasteiger partial charge in [-0.2, -0.15) is 0 Å². The smallest absolute Gasteiger partial charge is 0.336 e. The largest absolute Gasteiger partial charge is 0.462 e. The molecule has 4 nitrogen and oxygen atoms in total. The van der Waals surface area contributed by atoms with Crippen molar-refractivity contribution in [2.24, 2.45) is 0 Å². The number of allylic oxidation sites excluding steroid dienone is 3. The number of carbonyl (C=O) groups excluding carboxylic acids is 2. The summed E-state index contributed by atoms with van der Waals surface area (Å²) in [5, 5.41) is 6.06. The number of halogens is 1. The average molecular weight is 504 g/mol. The van der Waals surface area contributed by atoms with Gasteiger partial charge in [0.05, 0.1) is 12.2 Å². The van der Waals surface area contributed by atoms with Crippen molar-refractivity contribution >= 4 is 34.7 Å². The Morgan fingerprint density at radius 2 is 1.83 bits per heavy atom. The fourth-order valence-electron chi connectivity index (χ4n) is 5.01. The molecule has 1 aliphatic heterocycles. The highest BCUT2D eigenvalue weighted by Crippen LogP contribution is 2.46. The number of Topliss-reactive ketones (excluding diaryl/α,β-unsaturated/α-hetero) is 1. The van der Waals surface area contributed by atoms with Gasteiger partial charge in [-0.3, -0.25) is 4.79 Å². The molecule has 0 amide bonds. The highest BCUT2D eigenvalue weighted by molar-refractivity contribution is 7.10. The van der Waals surface area contributed by atoms with Crippen molar-refractivity contribution in [1.29, 1.82) is 0 Å². The highest BCUT2D eigenvalue weighted by Gasteiger charge is 2.41. The van der Waals surface area contributed by atoms with E-state index in [-0.39, 0.29) is 18.3 Å². The summed E-state index contributed by atoms with van der Waals surface area (Å²) in [7, 11) is 0. The van der Waals surface area contributed by atoms with Crippen LogP contribution in [-0.4, -0.2) is 18.4 Å². The minimum atomic E-state index is -0.482. The molecule has 178 valence electrons. The molecule has 0 spiro atoms. The Morgan fingerprint density at radius 3 is 2.54 bits per heavy atom. The maximum absolute atomic E-state index is 13.6. The number of hydrogen-bond acceptors (Lipinski definition) is 5. The Balaban J connectivity index is 1.46. The average Bonchev–Trinajstić information content (AvgIpc) is 3.39. The number of rotatable bonds is 6. The van der Waals surface area contributed by atoms with Gasteiger partial charge in [0.2, 0.25) is 0 Å². The van der Waals surface area contributed by atoms with Gasteiger partial charge in [0.25, 0.3) is 0 Å². The first-order valence-electron chi connectivity index (χ1n) is 11.7. The molecule has 3 aromatic rings. The molecule has 0 fully saturated rings. The van der Waals surface area contributed by atoms with E-state index in [9.17, 15) is 9.59 Å². The summed E-state index contributed by atoms with van der Waals surface area (Å²) < 4.78 is 5.73. The van der Waals surface area contributed by atoms with Gasteiger partial charge in [0.15, 0.2) is 5.78 Å². The minimum Gasteiger partial charge on any atom is -0.462 e. The molecule has 2 heterocycles. The van der Waals surface area contributed by atoms with E-state index in [0.717, 1.165) is 28.9 Å². The van der Waals surface area contributed by atoms with Gasteiger partial charge in [-0.25, -0.2) is 4.79 Å². The lowest BCUT2D eigenvalue weighted by atomic mass is 9.72. The lowest BCUT2D eigenvalue weighted by Crippen LogP contribution is -2.36. The predicted molar refractivity (Wildman–Crippen MR) is 139 cm³/mol. The third-order valence-corrected chi connectivity index (χ3v) is 7.95. The fraction of sp³-hybridized carbons (Fsp3) is 0.241. The lowest BCUT2D eigenvalue weighted by Gasteiger charge is -2.36. The molecule has 35 heavy (non-hydrogen) atoms. The topological polar surface area (TPSA) is 55.4 Å². The van der Waals surface area contributed by atoms with Gasteiger partial charge in [-0.05, 0) is 48.1 Å². The van der Waals surface area contributed by atoms with Crippen LogP contribution in [0.2, 0.25) is 5.02 Å². The zero-order valence-electron chi connectivity index (χ0n) is 19.4. The fourth-order valence-corrected chi connectivity index (χ4v) is 5.96. The van der Waals surface area contributed by atoms with Crippen molar-refractivity contribution < 1.29 is 14.3 Å². The number of dihydropyridines is 1. The van der Waals surface area contributed by atoms with Gasteiger partial charge < -0.3 is 10.1 Å². The second-order valence-corrected chi connectivity index (χ2v) is 10.4. The quantitative estimate of drug-likeness (QED) is 0.387. The molecule has 2 aromatic carbocycles. The molecule has 5 rings (SSSR count). The van der Waals surface area contributed by atoms with Crippen molar-refractivity contribution in [3.63, 3.8) is 0 Å². The Hall–Kier alpha value is -3.15. The molecule has 1 aromatic heterocycles. The predicted octanol–water partition coefficient (Wildman–Crippen LogP) is 6.55. The van der Waals surface area contributed by atoms with Crippen molar-refractivity contribution in [2.75, 3.05) is 6.61 Å². The molecular weight excluding hydrogens is 478 g/mol. The summed E-state index contributed by atoms with van der Waals surface area (Å²) in [5.41, 5.74) is 4.75. The lowest BCUT2D eigenvalue weighted by molar-refractivity contribution is -0.139. The number of esters is 1. The first-order chi connectivity index (χ1) is 17.0. The number of hydrogen-bond donors (Lipinski definition) is 1. The summed E-state index contributed by atoms with van der Waals surface area (Å²) in [6, 6.07) is 21.4.